The minimum atomic E-state index is -0.345. The lowest BCUT2D eigenvalue weighted by molar-refractivity contribution is -0.384. The minimum absolute atomic E-state index is 0.120. The number of nitro groups is 1. The Morgan fingerprint density at radius 2 is 1.89 bits per heavy atom. The summed E-state index contributed by atoms with van der Waals surface area (Å²) in [5.74, 6) is 0. The maximum atomic E-state index is 11.1. The van der Waals surface area contributed by atoms with Crippen molar-refractivity contribution < 1.29 is 4.92 Å². The quantitative estimate of drug-likeness (QED) is 0.607. The first-order valence-electron chi connectivity index (χ1n) is 6.29. The van der Waals surface area contributed by atoms with E-state index in [0.29, 0.717) is 16.1 Å². The molecule has 0 aromatic heterocycles. The van der Waals surface area contributed by atoms with E-state index in [9.17, 15) is 10.1 Å². The van der Waals surface area contributed by atoms with Gasteiger partial charge in [0.25, 0.3) is 5.69 Å². The highest BCUT2D eigenvalue weighted by Gasteiger charge is 2.45. The van der Waals surface area contributed by atoms with Crippen molar-refractivity contribution in [2.24, 2.45) is 5.41 Å². The molecular formula is C13H15ClN2O2. The predicted molar refractivity (Wildman–Crippen MR) is 71.2 cm³/mol. The third-order valence-electron chi connectivity index (χ3n) is 4.26. The SMILES string of the molecule is O=[N+]([O-])c1cccc(Cl)c1N1CCC2(CC1)CC2. The van der Waals surface area contributed by atoms with Crippen LogP contribution in [0.15, 0.2) is 18.2 Å². The summed E-state index contributed by atoms with van der Waals surface area (Å²) in [4.78, 5) is 12.8. The van der Waals surface area contributed by atoms with Crippen molar-refractivity contribution in [2.45, 2.75) is 25.7 Å². The maximum Gasteiger partial charge on any atom is 0.294 e. The number of rotatable bonds is 2. The van der Waals surface area contributed by atoms with Gasteiger partial charge >= 0.3 is 0 Å². The van der Waals surface area contributed by atoms with Crippen molar-refractivity contribution in [1.29, 1.82) is 0 Å². The minimum Gasteiger partial charge on any atom is -0.365 e. The fraction of sp³-hybridized carbons (Fsp3) is 0.538. The molecule has 1 saturated carbocycles. The van der Waals surface area contributed by atoms with E-state index >= 15 is 0 Å². The molecule has 2 fully saturated rings. The molecule has 1 aliphatic carbocycles. The number of anilines is 1. The Bertz CT molecular complexity index is 490. The van der Waals surface area contributed by atoms with Crippen LogP contribution in [-0.4, -0.2) is 18.0 Å². The van der Waals surface area contributed by atoms with Gasteiger partial charge in [-0.25, -0.2) is 0 Å². The van der Waals surface area contributed by atoms with E-state index in [1.165, 1.54) is 18.9 Å². The highest BCUT2D eigenvalue weighted by atomic mass is 35.5. The summed E-state index contributed by atoms with van der Waals surface area (Å²) >= 11 is 6.15. The van der Waals surface area contributed by atoms with Gasteiger partial charge in [-0.2, -0.15) is 0 Å². The molecule has 1 aromatic carbocycles. The number of halogens is 1. The number of benzene rings is 1. The van der Waals surface area contributed by atoms with Gasteiger partial charge in [-0.05, 0) is 37.2 Å². The number of nitrogens with zero attached hydrogens (tertiary/aromatic N) is 2. The molecule has 1 heterocycles. The van der Waals surface area contributed by atoms with E-state index in [2.05, 4.69) is 4.90 Å². The molecular weight excluding hydrogens is 252 g/mol. The molecule has 4 nitrogen and oxygen atoms in total. The summed E-state index contributed by atoms with van der Waals surface area (Å²) in [6.45, 7) is 1.76. The van der Waals surface area contributed by atoms with E-state index in [-0.39, 0.29) is 10.6 Å². The fourth-order valence-corrected chi connectivity index (χ4v) is 3.13. The Kier molecular flexibility index (Phi) is 2.70. The molecule has 0 N–H and O–H groups in total. The molecule has 2 aliphatic rings. The summed E-state index contributed by atoms with van der Waals surface area (Å²) in [7, 11) is 0. The second-order valence-electron chi connectivity index (χ2n) is 5.35. The molecule has 0 atom stereocenters. The largest absolute Gasteiger partial charge is 0.365 e. The van der Waals surface area contributed by atoms with Gasteiger partial charge in [0, 0.05) is 19.2 Å². The van der Waals surface area contributed by atoms with Crippen LogP contribution in [0, 0.1) is 15.5 Å². The summed E-state index contributed by atoms with van der Waals surface area (Å²) in [5.41, 5.74) is 1.28. The van der Waals surface area contributed by atoms with Crippen molar-refractivity contribution in [3.8, 4) is 0 Å². The second kappa shape index (κ2) is 4.12. The first-order chi connectivity index (χ1) is 8.61. The van der Waals surface area contributed by atoms with Crippen molar-refractivity contribution in [1.82, 2.24) is 0 Å². The average molecular weight is 267 g/mol. The summed E-state index contributed by atoms with van der Waals surface area (Å²) in [6, 6.07) is 4.89. The van der Waals surface area contributed by atoms with Gasteiger partial charge in [-0.1, -0.05) is 17.7 Å². The molecule has 3 rings (SSSR count). The molecule has 96 valence electrons. The first-order valence-corrected chi connectivity index (χ1v) is 6.67. The van der Waals surface area contributed by atoms with Crippen LogP contribution in [0.2, 0.25) is 5.02 Å². The van der Waals surface area contributed by atoms with Crippen LogP contribution in [0.1, 0.15) is 25.7 Å². The smallest absolute Gasteiger partial charge is 0.294 e. The number of nitro benzene ring substituents is 1. The molecule has 5 heteroatoms. The Balaban J connectivity index is 1.89. The van der Waals surface area contributed by atoms with Crippen molar-refractivity contribution in [2.75, 3.05) is 18.0 Å². The van der Waals surface area contributed by atoms with Gasteiger partial charge in [-0.3, -0.25) is 10.1 Å². The van der Waals surface area contributed by atoms with E-state index in [4.69, 9.17) is 11.6 Å². The molecule has 0 radical (unpaired) electrons. The summed E-state index contributed by atoms with van der Waals surface area (Å²) in [5, 5.41) is 11.6. The lowest BCUT2D eigenvalue weighted by Gasteiger charge is -2.33. The third-order valence-corrected chi connectivity index (χ3v) is 4.56. The molecule has 0 unspecified atom stereocenters. The molecule has 1 spiro atoms. The average Bonchev–Trinajstić information content (AvgIpc) is 3.10. The maximum absolute atomic E-state index is 11.1. The number of hydrogen-bond acceptors (Lipinski definition) is 3. The van der Waals surface area contributed by atoms with Gasteiger partial charge in [0.15, 0.2) is 0 Å². The van der Waals surface area contributed by atoms with Crippen LogP contribution in [0.5, 0.6) is 0 Å². The zero-order valence-electron chi connectivity index (χ0n) is 10.1. The van der Waals surface area contributed by atoms with E-state index in [1.54, 1.807) is 12.1 Å². The zero-order chi connectivity index (χ0) is 12.8. The molecule has 0 bridgehead atoms. The highest BCUT2D eigenvalue weighted by Crippen LogP contribution is 2.54. The van der Waals surface area contributed by atoms with Crippen molar-refractivity contribution in [3.05, 3.63) is 33.3 Å². The molecule has 1 saturated heterocycles. The molecule has 1 aromatic rings. The Hall–Kier alpha value is -1.29. The van der Waals surface area contributed by atoms with Crippen LogP contribution in [0.25, 0.3) is 0 Å². The van der Waals surface area contributed by atoms with Crippen LogP contribution < -0.4 is 4.90 Å². The number of piperidine rings is 1. The van der Waals surface area contributed by atoms with Gasteiger partial charge in [0.2, 0.25) is 0 Å². The highest BCUT2D eigenvalue weighted by molar-refractivity contribution is 6.33. The van der Waals surface area contributed by atoms with Crippen LogP contribution >= 0.6 is 11.6 Å². The lowest BCUT2D eigenvalue weighted by atomic mass is 9.93. The monoisotopic (exact) mass is 266 g/mol. The van der Waals surface area contributed by atoms with Crippen molar-refractivity contribution in [3.63, 3.8) is 0 Å². The molecule has 0 amide bonds. The fourth-order valence-electron chi connectivity index (χ4n) is 2.85. The topological polar surface area (TPSA) is 46.4 Å². The van der Waals surface area contributed by atoms with E-state index in [0.717, 1.165) is 25.9 Å². The lowest BCUT2D eigenvalue weighted by Crippen LogP contribution is -2.35. The zero-order valence-corrected chi connectivity index (χ0v) is 10.8. The second-order valence-corrected chi connectivity index (χ2v) is 5.76. The normalized spacial score (nSPS) is 21.1. The van der Waals surface area contributed by atoms with E-state index in [1.807, 2.05) is 0 Å². The van der Waals surface area contributed by atoms with E-state index < -0.39 is 0 Å². The summed E-state index contributed by atoms with van der Waals surface area (Å²) in [6.07, 6.45) is 4.92. The molecule has 18 heavy (non-hydrogen) atoms. The standard InChI is InChI=1S/C13H15ClN2O2/c14-10-2-1-3-11(16(17)18)12(10)15-8-6-13(4-5-13)7-9-15/h1-3H,4-9H2. The van der Waals surface area contributed by atoms with Gasteiger partial charge in [0.05, 0.1) is 9.95 Å². The van der Waals surface area contributed by atoms with Gasteiger partial charge in [-0.15, -0.1) is 0 Å². The van der Waals surface area contributed by atoms with Crippen molar-refractivity contribution >= 4 is 23.0 Å². The van der Waals surface area contributed by atoms with Crippen LogP contribution in [0.3, 0.4) is 0 Å². The predicted octanol–water partition coefficient (Wildman–Crippen LogP) is 3.63. The first kappa shape index (κ1) is 11.8. The molecule has 1 aliphatic heterocycles. The Labute approximate surface area is 111 Å². The van der Waals surface area contributed by atoms with Gasteiger partial charge in [0.1, 0.15) is 5.69 Å². The van der Waals surface area contributed by atoms with Crippen LogP contribution in [-0.2, 0) is 0 Å². The number of hydrogen-bond donors (Lipinski definition) is 0. The summed E-state index contributed by atoms with van der Waals surface area (Å²) < 4.78 is 0. The van der Waals surface area contributed by atoms with Gasteiger partial charge < -0.3 is 4.90 Å². The number of para-hydroxylation sites is 1. The third kappa shape index (κ3) is 1.94. The van der Waals surface area contributed by atoms with Crippen LogP contribution in [0.4, 0.5) is 11.4 Å². The Morgan fingerprint density at radius 1 is 1.22 bits per heavy atom. The Morgan fingerprint density at radius 3 is 2.44 bits per heavy atom.